The van der Waals surface area contributed by atoms with E-state index >= 15 is 0 Å². The van der Waals surface area contributed by atoms with Gasteiger partial charge in [0.2, 0.25) is 0 Å². The Balaban J connectivity index is 2.02. The minimum absolute atomic E-state index is 0.0379. The summed E-state index contributed by atoms with van der Waals surface area (Å²) in [5.74, 6) is -2.09. The highest BCUT2D eigenvalue weighted by atomic mass is 19.4. The van der Waals surface area contributed by atoms with Crippen LogP contribution in [0, 0.1) is 15.9 Å². The Labute approximate surface area is 217 Å². The molecule has 1 aliphatic heterocycles. The van der Waals surface area contributed by atoms with Gasteiger partial charge in [0.1, 0.15) is 22.6 Å². The van der Waals surface area contributed by atoms with Crippen molar-refractivity contribution in [1.82, 2.24) is 9.80 Å². The normalized spacial score (nSPS) is 16.8. The molecule has 2 aromatic carbocycles. The number of alkyl halides is 3. The summed E-state index contributed by atoms with van der Waals surface area (Å²) >= 11 is 0. The lowest BCUT2D eigenvalue weighted by Gasteiger charge is -2.42. The highest BCUT2D eigenvalue weighted by molar-refractivity contribution is 5.73. The van der Waals surface area contributed by atoms with Crippen molar-refractivity contribution in [2.75, 3.05) is 45.2 Å². The van der Waals surface area contributed by atoms with Crippen molar-refractivity contribution in [2.45, 2.75) is 38.6 Å². The fourth-order valence-electron chi connectivity index (χ4n) is 4.11. The number of carbonyl (C=O) groups is 1. The van der Waals surface area contributed by atoms with Crippen molar-refractivity contribution in [2.24, 2.45) is 0 Å². The summed E-state index contributed by atoms with van der Waals surface area (Å²) in [6.07, 6.45) is -5.67. The van der Waals surface area contributed by atoms with Gasteiger partial charge < -0.3 is 19.3 Å². The van der Waals surface area contributed by atoms with E-state index in [0.717, 1.165) is 24.3 Å². The molecule has 0 bridgehead atoms. The average Bonchev–Trinajstić information content (AvgIpc) is 2.79. The highest BCUT2D eigenvalue weighted by Crippen LogP contribution is 2.48. The molecule has 3 rings (SSSR count). The fourth-order valence-corrected chi connectivity index (χ4v) is 4.11. The monoisotopic (exact) mass is 542 g/mol. The average molecular weight is 543 g/mol. The molecular weight excluding hydrogens is 512 g/mol. The van der Waals surface area contributed by atoms with E-state index in [-0.39, 0.29) is 26.2 Å². The molecule has 9 nitrogen and oxygen atoms in total. The van der Waals surface area contributed by atoms with Crippen LogP contribution in [0.3, 0.4) is 0 Å². The Kier molecular flexibility index (Phi) is 8.39. The molecule has 1 fully saturated rings. The van der Waals surface area contributed by atoms with Crippen molar-refractivity contribution < 1.29 is 36.8 Å². The molecule has 0 N–H and O–H groups in total. The highest BCUT2D eigenvalue weighted by Gasteiger charge is 2.44. The van der Waals surface area contributed by atoms with Gasteiger partial charge >= 0.3 is 12.3 Å². The molecule has 1 aliphatic rings. The summed E-state index contributed by atoms with van der Waals surface area (Å²) in [5.41, 5.74) is -3.55. The third-order valence-electron chi connectivity index (χ3n) is 5.94. The first kappa shape index (κ1) is 29.0. The maximum atomic E-state index is 14.5. The number of para-hydroxylation sites is 1. The van der Waals surface area contributed by atoms with Crippen LogP contribution in [0.1, 0.15) is 26.3 Å². The second kappa shape index (κ2) is 11.0. The van der Waals surface area contributed by atoms with Crippen molar-refractivity contribution in [3.8, 4) is 11.5 Å². The van der Waals surface area contributed by atoms with E-state index in [4.69, 9.17) is 9.47 Å². The predicted octanol–water partition coefficient (Wildman–Crippen LogP) is 5.53. The van der Waals surface area contributed by atoms with E-state index < -0.39 is 63.1 Å². The number of nitro benzene ring substituents is 1. The Morgan fingerprint density at radius 2 is 1.79 bits per heavy atom. The maximum Gasteiger partial charge on any atom is 0.422 e. The zero-order valence-corrected chi connectivity index (χ0v) is 21.7. The molecule has 0 spiro atoms. The quantitative estimate of drug-likeness (QED) is 0.269. The number of benzene rings is 2. The van der Waals surface area contributed by atoms with Crippen LogP contribution in [0.4, 0.5) is 33.7 Å². The zero-order chi connectivity index (χ0) is 28.4. The maximum absolute atomic E-state index is 14.5. The number of anilines is 1. The summed E-state index contributed by atoms with van der Waals surface area (Å²) in [4.78, 5) is 27.8. The van der Waals surface area contributed by atoms with E-state index in [0.29, 0.717) is 0 Å². The number of rotatable bonds is 6. The van der Waals surface area contributed by atoms with Gasteiger partial charge in [-0.15, -0.1) is 0 Å². The number of hydrogen-bond donors (Lipinski definition) is 0. The summed E-state index contributed by atoms with van der Waals surface area (Å²) in [6.45, 7) is 5.47. The molecule has 1 heterocycles. The number of piperazine rings is 1. The molecule has 2 aromatic rings. The van der Waals surface area contributed by atoms with Gasteiger partial charge in [0.15, 0.2) is 11.6 Å². The topological polar surface area (TPSA) is 88.4 Å². The number of amides is 1. The van der Waals surface area contributed by atoms with Crippen molar-refractivity contribution >= 4 is 17.5 Å². The fraction of sp³-hybridized carbons (Fsp3) is 0.480. The van der Waals surface area contributed by atoms with Gasteiger partial charge in [0.05, 0.1) is 4.92 Å². The van der Waals surface area contributed by atoms with Gasteiger partial charge in [-0.05, 0) is 46.0 Å². The molecule has 0 radical (unpaired) electrons. The minimum Gasteiger partial charge on any atom is -0.454 e. The first-order chi connectivity index (χ1) is 17.6. The molecule has 13 heteroatoms. The lowest BCUT2D eigenvalue weighted by atomic mass is 10.0. The summed E-state index contributed by atoms with van der Waals surface area (Å²) in [7, 11) is 3.26. The van der Waals surface area contributed by atoms with Crippen LogP contribution in [0.25, 0.3) is 0 Å². The number of nitrogens with zero attached hydrogens (tertiary/aromatic N) is 4. The molecule has 1 amide bonds. The van der Waals surface area contributed by atoms with Crippen LogP contribution in [-0.2, 0) is 10.9 Å². The van der Waals surface area contributed by atoms with E-state index in [9.17, 15) is 32.5 Å². The van der Waals surface area contributed by atoms with Crippen LogP contribution >= 0.6 is 0 Å². The Morgan fingerprint density at radius 3 is 2.37 bits per heavy atom. The molecule has 208 valence electrons. The van der Waals surface area contributed by atoms with Crippen LogP contribution in [-0.4, -0.2) is 72.7 Å². The number of likely N-dealkylation sites (N-methyl/N-ethyl adjacent to an activating group) is 2. The van der Waals surface area contributed by atoms with Gasteiger partial charge in [0, 0.05) is 45.3 Å². The standard InChI is InChI=1S/C25H30F4N4O5/c1-24(2,3)38-23(34)31(5)14-16-15-32(13-12-30(16)4)22-18(33(35)36)10-11-20(21(22)25(27,28)29)37-19-9-7-6-8-17(19)26/h6-11,16H,12-15H2,1-5H3. The molecule has 0 aromatic heterocycles. The van der Waals surface area contributed by atoms with E-state index in [2.05, 4.69) is 0 Å². The van der Waals surface area contributed by atoms with Crippen LogP contribution < -0.4 is 9.64 Å². The lowest BCUT2D eigenvalue weighted by molar-refractivity contribution is -0.384. The molecule has 1 atom stereocenters. The molecular formula is C25H30F4N4O5. The first-order valence-corrected chi connectivity index (χ1v) is 11.8. The van der Waals surface area contributed by atoms with E-state index in [1.807, 2.05) is 4.90 Å². The smallest absolute Gasteiger partial charge is 0.422 e. The van der Waals surface area contributed by atoms with Crippen LogP contribution in [0.2, 0.25) is 0 Å². The minimum atomic E-state index is -5.06. The second-order valence-electron chi connectivity index (χ2n) is 10.0. The van der Waals surface area contributed by atoms with Crippen molar-refractivity contribution in [1.29, 1.82) is 0 Å². The van der Waals surface area contributed by atoms with E-state index in [1.54, 1.807) is 27.8 Å². The Bertz CT molecular complexity index is 1190. The SMILES string of the molecule is CN(CC1CN(c2c([N+](=O)[O-])ccc(Oc3ccccc3F)c2C(F)(F)F)CCN1C)C(=O)OC(C)(C)C. The third-order valence-corrected chi connectivity index (χ3v) is 5.94. The first-order valence-electron chi connectivity index (χ1n) is 11.8. The van der Waals surface area contributed by atoms with Gasteiger partial charge in [-0.1, -0.05) is 12.1 Å². The predicted molar refractivity (Wildman–Crippen MR) is 132 cm³/mol. The number of hydrogen-bond acceptors (Lipinski definition) is 7. The van der Waals surface area contributed by atoms with Crippen LogP contribution in [0.5, 0.6) is 11.5 Å². The summed E-state index contributed by atoms with van der Waals surface area (Å²) in [6, 6.07) is 6.20. The molecule has 1 unspecified atom stereocenters. The van der Waals surface area contributed by atoms with Gasteiger partial charge in [-0.25, -0.2) is 9.18 Å². The Hall–Kier alpha value is -3.61. The van der Waals surface area contributed by atoms with Gasteiger partial charge in [0.25, 0.3) is 5.69 Å². The largest absolute Gasteiger partial charge is 0.454 e. The third kappa shape index (κ3) is 6.82. The van der Waals surface area contributed by atoms with Crippen LogP contribution in [0.15, 0.2) is 36.4 Å². The van der Waals surface area contributed by atoms with Gasteiger partial charge in [-0.3, -0.25) is 15.0 Å². The molecule has 0 saturated carbocycles. The summed E-state index contributed by atoms with van der Waals surface area (Å²) in [5, 5.41) is 11.8. The molecule has 0 aliphatic carbocycles. The molecule has 1 saturated heterocycles. The van der Waals surface area contributed by atoms with Gasteiger partial charge in [-0.2, -0.15) is 13.2 Å². The lowest BCUT2D eigenvalue weighted by Crippen LogP contribution is -2.56. The second-order valence-corrected chi connectivity index (χ2v) is 10.0. The Morgan fingerprint density at radius 1 is 1.13 bits per heavy atom. The van der Waals surface area contributed by atoms with Crippen molar-refractivity contribution in [3.63, 3.8) is 0 Å². The molecule has 38 heavy (non-hydrogen) atoms. The summed E-state index contributed by atoms with van der Waals surface area (Å²) < 4.78 is 68.2. The number of nitro groups is 1. The number of halogens is 4. The zero-order valence-electron chi connectivity index (χ0n) is 21.7. The van der Waals surface area contributed by atoms with Crippen molar-refractivity contribution in [3.05, 3.63) is 57.9 Å². The number of carbonyl (C=O) groups excluding carboxylic acids is 1. The van der Waals surface area contributed by atoms with E-state index in [1.165, 1.54) is 29.0 Å². The number of ether oxygens (including phenoxy) is 2.